The summed E-state index contributed by atoms with van der Waals surface area (Å²) >= 11 is 0. The molecule has 0 spiro atoms. The molecule has 1 heterocycles. The lowest BCUT2D eigenvalue weighted by Gasteiger charge is -2.36. The van der Waals surface area contributed by atoms with Crippen molar-refractivity contribution in [3.63, 3.8) is 0 Å². The van der Waals surface area contributed by atoms with Crippen LogP contribution in [0.15, 0.2) is 24.3 Å². The molecule has 1 aromatic carbocycles. The van der Waals surface area contributed by atoms with Crippen molar-refractivity contribution in [2.45, 2.75) is 45.3 Å². The number of aliphatic hydroxyl groups is 1. The molecule has 21 heavy (non-hydrogen) atoms. The maximum atomic E-state index is 12.3. The summed E-state index contributed by atoms with van der Waals surface area (Å²) in [6.45, 7) is 5.15. The monoisotopic (exact) mass is 291 g/mol. The number of benzene rings is 1. The SMILES string of the molecule is CCc1ccc(CCC(=O)N2CC(C)OC(CO)C2)cc1. The first-order chi connectivity index (χ1) is 10.1. The molecule has 116 valence electrons. The highest BCUT2D eigenvalue weighted by molar-refractivity contribution is 5.76. The molecule has 1 saturated heterocycles. The maximum absolute atomic E-state index is 12.3. The summed E-state index contributed by atoms with van der Waals surface area (Å²) in [5.74, 6) is 0.142. The standard InChI is InChI=1S/C17H25NO3/c1-3-14-4-6-15(7-5-14)8-9-17(20)18-10-13(2)21-16(11-18)12-19/h4-7,13,16,19H,3,8-12H2,1-2H3. The van der Waals surface area contributed by atoms with Gasteiger partial charge in [-0.05, 0) is 30.9 Å². The summed E-state index contributed by atoms with van der Waals surface area (Å²) < 4.78 is 5.56. The Kier molecular flexibility index (Phi) is 5.76. The number of carbonyl (C=O) groups is 1. The van der Waals surface area contributed by atoms with Crippen LogP contribution in [0.1, 0.15) is 31.4 Å². The van der Waals surface area contributed by atoms with Crippen LogP contribution >= 0.6 is 0 Å². The number of aliphatic hydroxyl groups excluding tert-OH is 1. The summed E-state index contributed by atoms with van der Waals surface area (Å²) in [4.78, 5) is 14.1. The summed E-state index contributed by atoms with van der Waals surface area (Å²) in [5, 5.41) is 9.20. The highest BCUT2D eigenvalue weighted by Gasteiger charge is 2.27. The fourth-order valence-corrected chi connectivity index (χ4v) is 2.70. The van der Waals surface area contributed by atoms with Gasteiger partial charge in [0.25, 0.3) is 0 Å². The number of amides is 1. The van der Waals surface area contributed by atoms with Crippen LogP contribution < -0.4 is 0 Å². The fraction of sp³-hybridized carbons (Fsp3) is 0.588. The van der Waals surface area contributed by atoms with Gasteiger partial charge in [0.2, 0.25) is 5.91 Å². The third kappa shape index (κ3) is 4.55. The molecular formula is C17H25NO3. The van der Waals surface area contributed by atoms with Crippen LogP contribution in [0.5, 0.6) is 0 Å². The van der Waals surface area contributed by atoms with Gasteiger partial charge in [0.05, 0.1) is 18.8 Å². The van der Waals surface area contributed by atoms with E-state index < -0.39 is 0 Å². The molecule has 0 saturated carbocycles. The van der Waals surface area contributed by atoms with Gasteiger partial charge in [-0.15, -0.1) is 0 Å². The molecule has 1 N–H and O–H groups in total. The lowest BCUT2D eigenvalue weighted by molar-refractivity contribution is -0.147. The first-order valence-electron chi connectivity index (χ1n) is 7.74. The van der Waals surface area contributed by atoms with E-state index >= 15 is 0 Å². The van der Waals surface area contributed by atoms with E-state index in [2.05, 4.69) is 31.2 Å². The Labute approximate surface area is 126 Å². The van der Waals surface area contributed by atoms with Gasteiger partial charge in [-0.3, -0.25) is 4.79 Å². The lowest BCUT2D eigenvalue weighted by atomic mass is 10.1. The van der Waals surface area contributed by atoms with E-state index in [1.807, 2.05) is 11.8 Å². The average molecular weight is 291 g/mol. The van der Waals surface area contributed by atoms with Crippen molar-refractivity contribution in [2.75, 3.05) is 19.7 Å². The van der Waals surface area contributed by atoms with E-state index in [0.29, 0.717) is 19.5 Å². The largest absolute Gasteiger partial charge is 0.394 e. The van der Waals surface area contributed by atoms with Gasteiger partial charge in [-0.25, -0.2) is 0 Å². The zero-order valence-corrected chi connectivity index (χ0v) is 12.9. The molecular weight excluding hydrogens is 266 g/mol. The van der Waals surface area contributed by atoms with Crippen molar-refractivity contribution in [1.29, 1.82) is 0 Å². The Morgan fingerprint density at radius 3 is 2.57 bits per heavy atom. The summed E-state index contributed by atoms with van der Waals surface area (Å²) in [5.41, 5.74) is 2.51. The van der Waals surface area contributed by atoms with Crippen LogP contribution in [-0.2, 0) is 22.4 Å². The minimum atomic E-state index is -0.249. The molecule has 2 atom stereocenters. The van der Waals surface area contributed by atoms with Crippen molar-refractivity contribution in [3.8, 4) is 0 Å². The Hall–Kier alpha value is -1.39. The number of nitrogens with zero attached hydrogens (tertiary/aromatic N) is 1. The predicted molar refractivity (Wildman–Crippen MR) is 82.1 cm³/mol. The first kappa shape index (κ1) is 16.0. The van der Waals surface area contributed by atoms with Crippen LogP contribution in [0.2, 0.25) is 0 Å². The molecule has 0 aromatic heterocycles. The highest BCUT2D eigenvalue weighted by atomic mass is 16.5. The first-order valence-corrected chi connectivity index (χ1v) is 7.74. The topological polar surface area (TPSA) is 49.8 Å². The number of hydrogen-bond donors (Lipinski definition) is 1. The van der Waals surface area contributed by atoms with E-state index in [1.165, 1.54) is 11.1 Å². The Morgan fingerprint density at radius 2 is 1.95 bits per heavy atom. The van der Waals surface area contributed by atoms with Crippen LogP contribution in [0.4, 0.5) is 0 Å². The molecule has 2 unspecified atom stereocenters. The minimum absolute atomic E-state index is 0.0105. The molecule has 4 heteroatoms. The van der Waals surface area contributed by atoms with E-state index in [9.17, 15) is 9.90 Å². The number of aryl methyl sites for hydroxylation is 2. The van der Waals surface area contributed by atoms with Crippen molar-refractivity contribution in [3.05, 3.63) is 35.4 Å². The van der Waals surface area contributed by atoms with Gasteiger partial charge >= 0.3 is 0 Å². The van der Waals surface area contributed by atoms with Gasteiger partial charge in [0, 0.05) is 19.5 Å². The molecule has 0 aliphatic carbocycles. The lowest BCUT2D eigenvalue weighted by Crippen LogP contribution is -2.50. The van der Waals surface area contributed by atoms with E-state index in [0.717, 1.165) is 12.8 Å². The summed E-state index contributed by atoms with van der Waals surface area (Å²) in [6, 6.07) is 8.45. The third-order valence-electron chi connectivity index (χ3n) is 3.94. The molecule has 4 nitrogen and oxygen atoms in total. The number of carbonyl (C=O) groups excluding carboxylic acids is 1. The van der Waals surface area contributed by atoms with E-state index in [1.54, 1.807) is 0 Å². The Morgan fingerprint density at radius 1 is 1.29 bits per heavy atom. The smallest absolute Gasteiger partial charge is 0.223 e. The molecule has 1 aromatic rings. The van der Waals surface area contributed by atoms with Crippen LogP contribution in [0.3, 0.4) is 0 Å². The molecule has 1 amide bonds. The van der Waals surface area contributed by atoms with Crippen LogP contribution in [0, 0.1) is 0 Å². The average Bonchev–Trinajstić information content (AvgIpc) is 2.52. The van der Waals surface area contributed by atoms with E-state index in [4.69, 9.17) is 4.74 Å². The molecule has 1 fully saturated rings. The summed E-state index contributed by atoms with van der Waals surface area (Å²) in [6.07, 6.45) is 2.05. The van der Waals surface area contributed by atoms with Crippen molar-refractivity contribution >= 4 is 5.91 Å². The van der Waals surface area contributed by atoms with Gasteiger partial charge < -0.3 is 14.7 Å². The third-order valence-corrected chi connectivity index (χ3v) is 3.94. The Balaban J connectivity index is 1.85. The van der Waals surface area contributed by atoms with Crippen molar-refractivity contribution < 1.29 is 14.6 Å². The van der Waals surface area contributed by atoms with Crippen LogP contribution in [0.25, 0.3) is 0 Å². The van der Waals surface area contributed by atoms with Gasteiger partial charge in [0.1, 0.15) is 0 Å². The quantitative estimate of drug-likeness (QED) is 0.900. The normalized spacial score (nSPS) is 22.3. The van der Waals surface area contributed by atoms with Crippen molar-refractivity contribution in [2.24, 2.45) is 0 Å². The van der Waals surface area contributed by atoms with Crippen molar-refractivity contribution in [1.82, 2.24) is 4.90 Å². The molecule has 2 rings (SSSR count). The second-order valence-corrected chi connectivity index (χ2v) is 5.72. The van der Waals surface area contributed by atoms with Gasteiger partial charge in [-0.2, -0.15) is 0 Å². The number of hydrogen-bond acceptors (Lipinski definition) is 3. The second kappa shape index (κ2) is 7.57. The molecule has 0 radical (unpaired) electrons. The molecule has 1 aliphatic heterocycles. The molecule has 1 aliphatic rings. The Bertz CT molecular complexity index is 458. The van der Waals surface area contributed by atoms with Gasteiger partial charge in [-0.1, -0.05) is 31.2 Å². The number of ether oxygens (including phenoxy) is 1. The number of rotatable bonds is 5. The highest BCUT2D eigenvalue weighted by Crippen LogP contribution is 2.14. The second-order valence-electron chi connectivity index (χ2n) is 5.72. The minimum Gasteiger partial charge on any atom is -0.394 e. The van der Waals surface area contributed by atoms with E-state index in [-0.39, 0.29) is 24.7 Å². The fourth-order valence-electron chi connectivity index (χ4n) is 2.70. The zero-order valence-electron chi connectivity index (χ0n) is 12.9. The van der Waals surface area contributed by atoms with Gasteiger partial charge in [0.15, 0.2) is 0 Å². The maximum Gasteiger partial charge on any atom is 0.223 e. The number of morpholine rings is 1. The zero-order chi connectivity index (χ0) is 15.2. The molecule has 0 bridgehead atoms. The predicted octanol–water partition coefficient (Wildman–Crippen LogP) is 1.79. The van der Waals surface area contributed by atoms with Crippen LogP contribution in [-0.4, -0.2) is 47.8 Å². The summed E-state index contributed by atoms with van der Waals surface area (Å²) in [7, 11) is 0.